The van der Waals surface area contributed by atoms with Crippen LogP contribution in [0.25, 0.3) is 0 Å². The first-order valence-electron chi connectivity index (χ1n) is 10.1. The van der Waals surface area contributed by atoms with E-state index in [0.29, 0.717) is 28.5 Å². The molecular weight excluding hydrogens is 404 g/mol. The molecule has 1 aromatic heterocycles. The van der Waals surface area contributed by atoms with Gasteiger partial charge in [-0.25, -0.2) is 0 Å². The summed E-state index contributed by atoms with van der Waals surface area (Å²) >= 11 is 5.91. The van der Waals surface area contributed by atoms with E-state index in [9.17, 15) is 4.79 Å². The van der Waals surface area contributed by atoms with Crippen LogP contribution >= 0.6 is 11.6 Å². The lowest BCUT2D eigenvalue weighted by Crippen LogP contribution is -2.46. The molecule has 1 aliphatic rings. The number of nitrogens with zero attached hydrogens (tertiary/aromatic N) is 5. The Bertz CT molecular complexity index is 866. The van der Waals surface area contributed by atoms with E-state index in [1.54, 1.807) is 38.1 Å². The molecule has 0 spiro atoms. The zero-order valence-corrected chi connectivity index (χ0v) is 18.7. The van der Waals surface area contributed by atoms with Gasteiger partial charge in [-0.15, -0.1) is 0 Å². The fourth-order valence-electron chi connectivity index (χ4n) is 3.13. The Morgan fingerprint density at radius 2 is 1.80 bits per heavy atom. The van der Waals surface area contributed by atoms with Gasteiger partial charge < -0.3 is 19.9 Å². The van der Waals surface area contributed by atoms with E-state index in [1.807, 2.05) is 19.0 Å². The van der Waals surface area contributed by atoms with E-state index in [-0.39, 0.29) is 12.5 Å². The van der Waals surface area contributed by atoms with Crippen molar-refractivity contribution in [1.29, 1.82) is 0 Å². The van der Waals surface area contributed by atoms with Gasteiger partial charge in [0.1, 0.15) is 5.75 Å². The number of amides is 1. The van der Waals surface area contributed by atoms with E-state index >= 15 is 0 Å². The van der Waals surface area contributed by atoms with Gasteiger partial charge in [0.2, 0.25) is 11.9 Å². The van der Waals surface area contributed by atoms with Crippen molar-refractivity contribution in [3.05, 3.63) is 35.1 Å². The zero-order chi connectivity index (χ0) is 21.7. The predicted molar refractivity (Wildman–Crippen MR) is 118 cm³/mol. The molecule has 8 nitrogen and oxygen atoms in total. The zero-order valence-electron chi connectivity index (χ0n) is 18.0. The lowest BCUT2D eigenvalue weighted by atomic mass is 10.1. The standard InChI is InChI=1S/C21H29ClN6O2/c1-21(2,30-16-10-8-15(22)9-11-16)18(29)23-14-17-24-19(27(3)4)26-20(25-17)28-12-6-5-7-13-28/h8-11H,5-7,12-14H2,1-4H3,(H,23,29). The number of nitrogens with one attached hydrogen (secondary N) is 1. The Morgan fingerprint density at radius 3 is 2.43 bits per heavy atom. The number of carbonyl (C=O) groups is 1. The lowest BCUT2D eigenvalue weighted by Gasteiger charge is -2.28. The van der Waals surface area contributed by atoms with Crippen LogP contribution in [-0.2, 0) is 11.3 Å². The highest BCUT2D eigenvalue weighted by atomic mass is 35.5. The summed E-state index contributed by atoms with van der Waals surface area (Å²) in [6.07, 6.45) is 3.49. The highest BCUT2D eigenvalue weighted by Crippen LogP contribution is 2.21. The lowest BCUT2D eigenvalue weighted by molar-refractivity contribution is -0.134. The highest BCUT2D eigenvalue weighted by molar-refractivity contribution is 6.30. The quantitative estimate of drug-likeness (QED) is 0.719. The number of halogens is 1. The second kappa shape index (κ2) is 9.47. The minimum Gasteiger partial charge on any atom is -0.478 e. The Hall–Kier alpha value is -2.61. The summed E-state index contributed by atoms with van der Waals surface area (Å²) in [5.74, 6) is 2.07. The molecule has 9 heteroatoms. The largest absolute Gasteiger partial charge is 0.478 e. The van der Waals surface area contributed by atoms with Crippen LogP contribution in [-0.4, -0.2) is 53.6 Å². The maximum atomic E-state index is 12.8. The van der Waals surface area contributed by atoms with Crippen LogP contribution in [0, 0.1) is 0 Å². The molecule has 0 radical (unpaired) electrons. The Kier molecular flexibility index (Phi) is 6.97. The van der Waals surface area contributed by atoms with Crippen molar-refractivity contribution in [2.45, 2.75) is 45.3 Å². The average Bonchev–Trinajstić information content (AvgIpc) is 2.74. The van der Waals surface area contributed by atoms with Gasteiger partial charge in [0.15, 0.2) is 11.4 Å². The molecule has 0 aliphatic carbocycles. The van der Waals surface area contributed by atoms with Crippen molar-refractivity contribution in [2.24, 2.45) is 0 Å². The first-order valence-corrected chi connectivity index (χ1v) is 10.5. The number of rotatable bonds is 7. The molecule has 162 valence electrons. The molecule has 1 amide bonds. The van der Waals surface area contributed by atoms with Crippen molar-refractivity contribution in [2.75, 3.05) is 37.0 Å². The van der Waals surface area contributed by atoms with Gasteiger partial charge in [-0.05, 0) is 57.4 Å². The molecule has 1 aromatic carbocycles. The Labute approximate surface area is 182 Å². The topological polar surface area (TPSA) is 83.5 Å². The molecule has 1 aliphatic heterocycles. The van der Waals surface area contributed by atoms with Gasteiger partial charge in [-0.1, -0.05) is 11.6 Å². The number of benzene rings is 1. The highest BCUT2D eigenvalue weighted by Gasteiger charge is 2.30. The van der Waals surface area contributed by atoms with E-state index < -0.39 is 5.60 Å². The first-order chi connectivity index (χ1) is 14.2. The number of hydrogen-bond acceptors (Lipinski definition) is 7. The molecular formula is C21H29ClN6O2. The van der Waals surface area contributed by atoms with Crippen LogP contribution in [0.1, 0.15) is 38.9 Å². The van der Waals surface area contributed by atoms with Crippen molar-refractivity contribution in [1.82, 2.24) is 20.3 Å². The van der Waals surface area contributed by atoms with E-state index in [0.717, 1.165) is 25.9 Å². The second-order valence-electron chi connectivity index (χ2n) is 8.04. The molecule has 3 rings (SSSR count). The molecule has 0 atom stereocenters. The van der Waals surface area contributed by atoms with Crippen LogP contribution in [0.2, 0.25) is 5.02 Å². The SMILES string of the molecule is CN(C)c1nc(CNC(=O)C(C)(C)Oc2ccc(Cl)cc2)nc(N2CCCCC2)n1. The third-order valence-corrected chi connectivity index (χ3v) is 5.09. The normalized spacial score (nSPS) is 14.4. The Morgan fingerprint density at radius 1 is 1.13 bits per heavy atom. The summed E-state index contributed by atoms with van der Waals surface area (Å²) in [7, 11) is 3.78. The summed E-state index contributed by atoms with van der Waals surface area (Å²) in [4.78, 5) is 30.4. The minimum absolute atomic E-state index is 0.191. The van der Waals surface area contributed by atoms with Crippen LogP contribution in [0.15, 0.2) is 24.3 Å². The molecule has 0 unspecified atom stereocenters. The monoisotopic (exact) mass is 432 g/mol. The first kappa shape index (κ1) is 22.1. The second-order valence-corrected chi connectivity index (χ2v) is 8.48. The minimum atomic E-state index is -1.07. The third kappa shape index (κ3) is 5.72. The number of ether oxygens (including phenoxy) is 1. The van der Waals surface area contributed by atoms with E-state index in [1.165, 1.54) is 6.42 Å². The molecule has 2 aromatic rings. The van der Waals surface area contributed by atoms with Crippen LogP contribution in [0.5, 0.6) is 5.75 Å². The molecule has 30 heavy (non-hydrogen) atoms. The van der Waals surface area contributed by atoms with Gasteiger partial charge in [0.05, 0.1) is 6.54 Å². The third-order valence-electron chi connectivity index (χ3n) is 4.84. The smallest absolute Gasteiger partial charge is 0.263 e. The summed E-state index contributed by atoms with van der Waals surface area (Å²) < 4.78 is 5.85. The van der Waals surface area contributed by atoms with Gasteiger partial charge >= 0.3 is 0 Å². The maximum absolute atomic E-state index is 12.8. The number of carbonyl (C=O) groups excluding carboxylic acids is 1. The van der Waals surface area contributed by atoms with Crippen molar-refractivity contribution < 1.29 is 9.53 Å². The van der Waals surface area contributed by atoms with E-state index in [4.69, 9.17) is 16.3 Å². The van der Waals surface area contributed by atoms with Gasteiger partial charge in [0, 0.05) is 32.2 Å². The number of anilines is 2. The molecule has 0 saturated carbocycles. The number of hydrogen-bond donors (Lipinski definition) is 1. The maximum Gasteiger partial charge on any atom is 0.263 e. The molecule has 1 saturated heterocycles. The summed E-state index contributed by atoms with van der Waals surface area (Å²) in [5.41, 5.74) is -1.07. The fraction of sp³-hybridized carbons (Fsp3) is 0.524. The summed E-state index contributed by atoms with van der Waals surface area (Å²) in [5, 5.41) is 3.50. The molecule has 1 N–H and O–H groups in total. The summed E-state index contributed by atoms with van der Waals surface area (Å²) in [6, 6.07) is 6.91. The molecule has 2 heterocycles. The average molecular weight is 433 g/mol. The van der Waals surface area contributed by atoms with Crippen LogP contribution < -0.4 is 19.9 Å². The van der Waals surface area contributed by atoms with Crippen LogP contribution in [0.3, 0.4) is 0 Å². The predicted octanol–water partition coefficient (Wildman–Crippen LogP) is 3.06. The van der Waals surface area contributed by atoms with Gasteiger partial charge in [-0.2, -0.15) is 15.0 Å². The molecule has 0 bridgehead atoms. The Balaban J connectivity index is 1.69. The van der Waals surface area contributed by atoms with Crippen molar-refractivity contribution >= 4 is 29.4 Å². The van der Waals surface area contributed by atoms with Crippen LogP contribution in [0.4, 0.5) is 11.9 Å². The fourth-order valence-corrected chi connectivity index (χ4v) is 3.25. The van der Waals surface area contributed by atoms with Crippen molar-refractivity contribution in [3.8, 4) is 5.75 Å². The van der Waals surface area contributed by atoms with Crippen molar-refractivity contribution in [3.63, 3.8) is 0 Å². The van der Waals surface area contributed by atoms with Gasteiger partial charge in [-0.3, -0.25) is 4.79 Å². The number of piperidine rings is 1. The summed E-state index contributed by atoms with van der Waals surface area (Å²) in [6.45, 7) is 5.50. The molecule has 1 fully saturated rings. The van der Waals surface area contributed by atoms with E-state index in [2.05, 4.69) is 25.2 Å². The number of aromatic nitrogens is 3. The van der Waals surface area contributed by atoms with Gasteiger partial charge in [0.25, 0.3) is 5.91 Å².